The Morgan fingerprint density at radius 3 is 1.65 bits per heavy atom. The highest BCUT2D eigenvalue weighted by molar-refractivity contribution is 6.10. The summed E-state index contributed by atoms with van der Waals surface area (Å²) in [5.41, 5.74) is 1.67. The van der Waals surface area contributed by atoms with Crippen molar-refractivity contribution in [2.75, 3.05) is 19.8 Å². The summed E-state index contributed by atoms with van der Waals surface area (Å²) in [6, 6.07) is 16.9. The van der Waals surface area contributed by atoms with E-state index in [1.54, 1.807) is 6.92 Å². The molecule has 0 N–H and O–H groups in total. The molecule has 0 radical (unpaired) electrons. The highest BCUT2D eigenvalue weighted by Crippen LogP contribution is 2.22. The van der Waals surface area contributed by atoms with E-state index < -0.39 is 5.97 Å². The Hall–Kier alpha value is -3.41. The number of carbonyl (C=O) groups excluding carboxylic acids is 3. The zero-order valence-corrected chi connectivity index (χ0v) is 26.3. The molecule has 0 aromatic heterocycles. The van der Waals surface area contributed by atoms with Crippen molar-refractivity contribution in [1.29, 1.82) is 0 Å². The fourth-order valence-corrected chi connectivity index (χ4v) is 4.80. The van der Waals surface area contributed by atoms with Crippen LogP contribution < -0.4 is 4.74 Å². The summed E-state index contributed by atoms with van der Waals surface area (Å²) in [6.45, 7) is 6.45. The smallest absolute Gasteiger partial charge is 0.333 e. The van der Waals surface area contributed by atoms with Gasteiger partial charge in [-0.05, 0) is 38.3 Å². The Labute approximate surface area is 259 Å². The first kappa shape index (κ1) is 35.8. The first-order chi connectivity index (χ1) is 21.0. The van der Waals surface area contributed by atoms with Crippen molar-refractivity contribution < 1.29 is 28.6 Å². The van der Waals surface area contributed by atoms with Crippen LogP contribution in [0.2, 0.25) is 0 Å². The summed E-state index contributed by atoms with van der Waals surface area (Å²) in [7, 11) is 0. The summed E-state index contributed by atoms with van der Waals surface area (Å²) < 4.78 is 16.2. The van der Waals surface area contributed by atoms with Crippen LogP contribution in [0.3, 0.4) is 0 Å². The number of unbranched alkanes of at least 4 members (excludes halogenated alkanes) is 13. The Morgan fingerprint density at radius 2 is 1.07 bits per heavy atom. The molecule has 0 aliphatic rings. The minimum Gasteiger partial charge on any atom is -0.493 e. The largest absolute Gasteiger partial charge is 0.493 e. The van der Waals surface area contributed by atoms with Crippen molar-refractivity contribution in [3.8, 4) is 5.75 Å². The maximum Gasteiger partial charge on any atom is 0.333 e. The van der Waals surface area contributed by atoms with Crippen LogP contribution in [0.25, 0.3) is 0 Å². The number of rotatable bonds is 25. The van der Waals surface area contributed by atoms with E-state index in [4.69, 9.17) is 14.2 Å². The first-order valence-electron chi connectivity index (χ1n) is 16.3. The van der Waals surface area contributed by atoms with Crippen molar-refractivity contribution in [1.82, 2.24) is 0 Å². The van der Waals surface area contributed by atoms with Gasteiger partial charge in [0.1, 0.15) is 5.75 Å². The van der Waals surface area contributed by atoms with Crippen molar-refractivity contribution in [2.24, 2.45) is 0 Å². The van der Waals surface area contributed by atoms with Crippen LogP contribution in [0.15, 0.2) is 66.7 Å². The Morgan fingerprint density at radius 1 is 0.581 bits per heavy atom. The van der Waals surface area contributed by atoms with Gasteiger partial charge in [0.05, 0.1) is 25.4 Å². The third-order valence-electron chi connectivity index (χ3n) is 7.33. The number of carbonyl (C=O) groups is 3. The molecule has 2 aromatic carbocycles. The van der Waals surface area contributed by atoms with Gasteiger partial charge in [0.15, 0.2) is 5.78 Å². The standard InChI is InChI=1S/C37H52O6/c1-31(2)37(40)43-30-22-27-35(38)42-29-21-14-12-10-8-6-4-3-5-7-9-11-13-20-28-41-34-26-19-18-25-33(34)36(39)32-23-16-15-17-24-32/h15-19,23-26H,1,3-14,20-22,27-30H2,2H3. The summed E-state index contributed by atoms with van der Waals surface area (Å²) in [6.07, 6.45) is 17.7. The van der Waals surface area contributed by atoms with E-state index in [0.29, 0.717) is 42.1 Å². The van der Waals surface area contributed by atoms with Gasteiger partial charge >= 0.3 is 11.9 Å². The Balaban J connectivity index is 1.33. The van der Waals surface area contributed by atoms with Crippen LogP contribution >= 0.6 is 0 Å². The van der Waals surface area contributed by atoms with Crippen LogP contribution in [-0.2, 0) is 19.1 Å². The molecular formula is C37H52O6. The zero-order chi connectivity index (χ0) is 31.0. The van der Waals surface area contributed by atoms with Crippen LogP contribution in [0.1, 0.15) is 126 Å². The molecule has 0 saturated carbocycles. The summed E-state index contributed by atoms with van der Waals surface area (Å²) in [5, 5.41) is 0. The fraction of sp³-hybridized carbons (Fsp3) is 0.541. The molecule has 2 aromatic rings. The number of ether oxygens (including phenoxy) is 3. The van der Waals surface area contributed by atoms with Crippen LogP contribution in [0.4, 0.5) is 0 Å². The lowest BCUT2D eigenvalue weighted by Crippen LogP contribution is -2.10. The van der Waals surface area contributed by atoms with E-state index in [1.807, 2.05) is 54.6 Å². The summed E-state index contributed by atoms with van der Waals surface area (Å²) in [5.74, 6) is 0.0277. The zero-order valence-electron chi connectivity index (χ0n) is 26.3. The van der Waals surface area contributed by atoms with E-state index in [2.05, 4.69) is 6.58 Å². The molecule has 0 fully saturated rings. The number of esters is 2. The lowest BCUT2D eigenvalue weighted by molar-refractivity contribution is -0.146. The molecule has 0 heterocycles. The molecule has 0 spiro atoms. The quantitative estimate of drug-likeness (QED) is 0.0495. The van der Waals surface area contributed by atoms with E-state index in [9.17, 15) is 14.4 Å². The topological polar surface area (TPSA) is 78.9 Å². The molecular weight excluding hydrogens is 540 g/mol. The van der Waals surface area contributed by atoms with Gasteiger partial charge in [-0.3, -0.25) is 9.59 Å². The maximum atomic E-state index is 12.8. The SMILES string of the molecule is C=C(C)C(=O)OCCCC(=O)OCCCCCCCCCCCCCCCCOc1ccccc1C(=O)c1ccccc1. The summed E-state index contributed by atoms with van der Waals surface area (Å²) in [4.78, 5) is 35.8. The number of ketones is 1. The molecule has 6 nitrogen and oxygen atoms in total. The first-order valence-corrected chi connectivity index (χ1v) is 16.3. The molecule has 0 aliphatic heterocycles. The van der Waals surface area contributed by atoms with Crippen molar-refractivity contribution in [3.05, 3.63) is 77.9 Å². The van der Waals surface area contributed by atoms with Crippen molar-refractivity contribution in [2.45, 2.75) is 110 Å². The molecule has 236 valence electrons. The molecule has 0 atom stereocenters. The van der Waals surface area contributed by atoms with Gasteiger partial charge in [-0.1, -0.05) is 126 Å². The van der Waals surface area contributed by atoms with Crippen LogP contribution in [0, 0.1) is 0 Å². The third-order valence-corrected chi connectivity index (χ3v) is 7.33. The molecule has 0 saturated heterocycles. The average Bonchev–Trinajstić information content (AvgIpc) is 3.02. The fourth-order valence-electron chi connectivity index (χ4n) is 4.80. The molecule has 0 bridgehead atoms. The number of hydrogen-bond acceptors (Lipinski definition) is 6. The van der Waals surface area contributed by atoms with Gasteiger partial charge < -0.3 is 14.2 Å². The Kier molecular flexibility index (Phi) is 19.2. The van der Waals surface area contributed by atoms with Crippen molar-refractivity contribution >= 4 is 17.7 Å². The highest BCUT2D eigenvalue weighted by Gasteiger charge is 2.14. The number of hydrogen-bond donors (Lipinski definition) is 0. The van der Waals surface area contributed by atoms with Gasteiger partial charge in [0.25, 0.3) is 0 Å². The van der Waals surface area contributed by atoms with Gasteiger partial charge in [-0.2, -0.15) is 0 Å². The lowest BCUT2D eigenvalue weighted by Gasteiger charge is -2.11. The molecule has 6 heteroatoms. The van der Waals surface area contributed by atoms with Crippen LogP contribution in [0.5, 0.6) is 5.75 Å². The molecule has 0 aliphatic carbocycles. The van der Waals surface area contributed by atoms with E-state index in [1.165, 1.54) is 64.2 Å². The summed E-state index contributed by atoms with van der Waals surface area (Å²) >= 11 is 0. The normalized spacial score (nSPS) is 10.7. The number of para-hydroxylation sites is 1. The monoisotopic (exact) mass is 592 g/mol. The molecule has 0 amide bonds. The van der Waals surface area contributed by atoms with Gasteiger partial charge in [-0.25, -0.2) is 4.79 Å². The van der Waals surface area contributed by atoms with E-state index >= 15 is 0 Å². The maximum absolute atomic E-state index is 12.8. The lowest BCUT2D eigenvalue weighted by atomic mass is 10.0. The molecule has 2 rings (SSSR count). The van der Waals surface area contributed by atoms with Crippen LogP contribution in [-0.4, -0.2) is 37.5 Å². The second kappa shape index (κ2) is 23.1. The second-order valence-corrected chi connectivity index (χ2v) is 11.2. The van der Waals surface area contributed by atoms with E-state index in [0.717, 1.165) is 25.7 Å². The molecule has 43 heavy (non-hydrogen) atoms. The third kappa shape index (κ3) is 16.7. The predicted molar refractivity (Wildman–Crippen MR) is 172 cm³/mol. The highest BCUT2D eigenvalue weighted by atomic mass is 16.5. The van der Waals surface area contributed by atoms with Gasteiger partial charge in [0, 0.05) is 17.6 Å². The van der Waals surface area contributed by atoms with E-state index in [-0.39, 0.29) is 24.8 Å². The van der Waals surface area contributed by atoms with Crippen molar-refractivity contribution in [3.63, 3.8) is 0 Å². The van der Waals surface area contributed by atoms with Gasteiger partial charge in [-0.15, -0.1) is 0 Å². The number of benzene rings is 2. The Bertz CT molecular complexity index is 1080. The second-order valence-electron chi connectivity index (χ2n) is 11.2. The van der Waals surface area contributed by atoms with Gasteiger partial charge in [0.2, 0.25) is 0 Å². The minimum atomic E-state index is -0.419. The minimum absolute atomic E-state index is 0.00153. The predicted octanol–water partition coefficient (Wildman–Crippen LogP) is 9.20. The average molecular weight is 593 g/mol. The molecule has 0 unspecified atom stereocenters.